The van der Waals surface area contributed by atoms with E-state index in [2.05, 4.69) is 20.9 Å². The lowest BCUT2D eigenvalue weighted by Gasteiger charge is -2.39. The van der Waals surface area contributed by atoms with E-state index in [-0.39, 0.29) is 0 Å². The zero-order valence-corrected chi connectivity index (χ0v) is 13.0. The molecule has 7 nitrogen and oxygen atoms in total. The van der Waals surface area contributed by atoms with E-state index < -0.39 is 37.3 Å². The van der Waals surface area contributed by atoms with Crippen LogP contribution in [0, 0.1) is 0 Å². The minimum absolute atomic E-state index is 0.437. The Morgan fingerprint density at radius 3 is 2.68 bits per heavy atom. The fourth-order valence-electron chi connectivity index (χ4n) is 2.46. The summed E-state index contributed by atoms with van der Waals surface area (Å²) in [6.07, 6.45) is -4.88. The molecule has 8 heteroatoms. The highest BCUT2D eigenvalue weighted by molar-refractivity contribution is 9.10. The lowest BCUT2D eigenvalue weighted by molar-refractivity contribution is -0.277. The summed E-state index contributed by atoms with van der Waals surface area (Å²) in [6.45, 7) is -0.494. The second kappa shape index (κ2) is 6.15. The van der Waals surface area contributed by atoms with Crippen LogP contribution in [0.15, 0.2) is 28.9 Å². The van der Waals surface area contributed by atoms with Crippen molar-refractivity contribution in [2.45, 2.75) is 30.7 Å². The maximum absolute atomic E-state index is 9.98. The molecule has 1 aliphatic heterocycles. The Morgan fingerprint density at radius 1 is 1.18 bits per heavy atom. The number of benzene rings is 1. The van der Waals surface area contributed by atoms with Crippen LogP contribution in [0.4, 0.5) is 0 Å². The van der Waals surface area contributed by atoms with E-state index in [0.717, 1.165) is 15.4 Å². The quantitative estimate of drug-likeness (QED) is 0.521. The molecule has 0 aliphatic carbocycles. The van der Waals surface area contributed by atoms with Crippen molar-refractivity contribution >= 4 is 26.8 Å². The van der Waals surface area contributed by atoms with E-state index >= 15 is 0 Å². The van der Waals surface area contributed by atoms with Gasteiger partial charge in [0.15, 0.2) is 0 Å². The van der Waals surface area contributed by atoms with E-state index in [4.69, 9.17) is 14.6 Å². The summed E-state index contributed by atoms with van der Waals surface area (Å²) < 4.78 is 11.8. The molecule has 5 atom stereocenters. The molecule has 1 aromatic carbocycles. The molecule has 120 valence electrons. The highest BCUT2D eigenvalue weighted by Crippen LogP contribution is 2.31. The zero-order chi connectivity index (χ0) is 15.9. The van der Waals surface area contributed by atoms with Crippen molar-refractivity contribution in [3.05, 3.63) is 28.9 Å². The summed E-state index contributed by atoms with van der Waals surface area (Å²) in [4.78, 5) is 3.03. The largest absolute Gasteiger partial charge is 0.460 e. The molecule has 0 radical (unpaired) electrons. The van der Waals surface area contributed by atoms with Crippen LogP contribution in [0.2, 0.25) is 0 Å². The topological polar surface area (TPSA) is 115 Å². The van der Waals surface area contributed by atoms with Crippen LogP contribution in [-0.2, 0) is 4.74 Å². The molecule has 22 heavy (non-hydrogen) atoms. The standard InChI is InChI=1S/C14H16BrNO6/c15-6-1-2-7-8(3-6)16-4-9(7)21-14-13(20)12(19)11(18)10(5-17)22-14/h1-4,10-14,16-20H,5H2/t10-,11-,12+,13-,14+/m1/s1. The van der Waals surface area contributed by atoms with Crippen molar-refractivity contribution in [2.24, 2.45) is 0 Å². The van der Waals surface area contributed by atoms with E-state index in [9.17, 15) is 15.3 Å². The van der Waals surface area contributed by atoms with Gasteiger partial charge in [-0.2, -0.15) is 0 Å². The summed E-state index contributed by atoms with van der Waals surface area (Å²) in [5, 5.41) is 39.4. The van der Waals surface area contributed by atoms with Crippen molar-refractivity contribution in [2.75, 3.05) is 6.61 Å². The lowest BCUT2D eigenvalue weighted by Crippen LogP contribution is -2.60. The Morgan fingerprint density at radius 2 is 1.95 bits per heavy atom. The number of ether oxygens (including phenoxy) is 2. The molecule has 5 N–H and O–H groups in total. The summed E-state index contributed by atoms with van der Waals surface area (Å²) in [5.74, 6) is 0.437. The molecule has 1 aromatic heterocycles. The average Bonchev–Trinajstić information content (AvgIpc) is 2.90. The predicted octanol–water partition coefficient (Wildman–Crippen LogP) is 0.109. The molecule has 0 spiro atoms. The van der Waals surface area contributed by atoms with Crippen molar-refractivity contribution in [1.82, 2.24) is 4.98 Å². The molecule has 0 amide bonds. The van der Waals surface area contributed by atoms with Crippen molar-refractivity contribution in [1.29, 1.82) is 0 Å². The Bertz CT molecular complexity index is 660. The zero-order valence-electron chi connectivity index (χ0n) is 11.4. The monoisotopic (exact) mass is 373 g/mol. The summed E-state index contributed by atoms with van der Waals surface area (Å²) in [6, 6.07) is 5.54. The normalized spacial score (nSPS) is 32.3. The van der Waals surface area contributed by atoms with Gasteiger partial charge >= 0.3 is 0 Å². The number of aromatic nitrogens is 1. The van der Waals surface area contributed by atoms with Gasteiger partial charge in [0.2, 0.25) is 6.29 Å². The van der Waals surface area contributed by atoms with Gasteiger partial charge in [-0.15, -0.1) is 0 Å². The summed E-state index contributed by atoms with van der Waals surface area (Å²) in [5.41, 5.74) is 0.828. The van der Waals surface area contributed by atoms with E-state index in [0.29, 0.717) is 5.75 Å². The number of rotatable bonds is 3. The SMILES string of the molecule is OC[C@H]1O[C@H](Oc2c[nH]c3cc(Br)ccc23)[C@H](O)[C@@H](O)[C@@H]1O. The van der Waals surface area contributed by atoms with Gasteiger partial charge in [-0.25, -0.2) is 0 Å². The first-order valence-corrected chi connectivity index (χ1v) is 7.54. The molecule has 1 aliphatic rings. The highest BCUT2D eigenvalue weighted by Gasteiger charge is 2.44. The van der Waals surface area contributed by atoms with Crippen LogP contribution in [0.1, 0.15) is 0 Å². The van der Waals surface area contributed by atoms with Gasteiger partial charge in [0.25, 0.3) is 0 Å². The summed E-state index contributed by atoms with van der Waals surface area (Å²) >= 11 is 3.37. The number of hydrogen-bond donors (Lipinski definition) is 5. The number of H-pyrrole nitrogens is 1. The molecular weight excluding hydrogens is 358 g/mol. The van der Waals surface area contributed by atoms with Crippen LogP contribution >= 0.6 is 15.9 Å². The van der Waals surface area contributed by atoms with Gasteiger partial charge in [0.1, 0.15) is 30.2 Å². The molecule has 1 fully saturated rings. The number of aromatic amines is 1. The Balaban J connectivity index is 1.84. The van der Waals surface area contributed by atoms with Gasteiger partial charge in [-0.05, 0) is 18.2 Å². The number of fused-ring (bicyclic) bond motifs is 1. The third-order valence-electron chi connectivity index (χ3n) is 3.70. The van der Waals surface area contributed by atoms with Crippen LogP contribution in [0.5, 0.6) is 5.75 Å². The highest BCUT2D eigenvalue weighted by atomic mass is 79.9. The number of hydrogen-bond acceptors (Lipinski definition) is 6. The molecular formula is C14H16BrNO6. The molecule has 0 unspecified atom stereocenters. The van der Waals surface area contributed by atoms with Crippen molar-refractivity contribution < 1.29 is 29.9 Å². The summed E-state index contributed by atoms with van der Waals surface area (Å²) in [7, 11) is 0. The van der Waals surface area contributed by atoms with Gasteiger partial charge in [-0.3, -0.25) is 0 Å². The van der Waals surface area contributed by atoms with Gasteiger partial charge in [-0.1, -0.05) is 15.9 Å². The first kappa shape index (κ1) is 15.7. The van der Waals surface area contributed by atoms with Gasteiger partial charge in [0.05, 0.1) is 12.1 Å². The second-order valence-electron chi connectivity index (χ2n) is 5.16. The number of halogens is 1. The maximum Gasteiger partial charge on any atom is 0.229 e. The fourth-order valence-corrected chi connectivity index (χ4v) is 2.82. The van der Waals surface area contributed by atoms with Crippen LogP contribution in [0.25, 0.3) is 10.9 Å². The lowest BCUT2D eigenvalue weighted by atomic mass is 9.99. The molecule has 0 saturated carbocycles. The van der Waals surface area contributed by atoms with Crippen molar-refractivity contribution in [3.8, 4) is 5.75 Å². The second-order valence-corrected chi connectivity index (χ2v) is 6.07. The smallest absolute Gasteiger partial charge is 0.229 e. The average molecular weight is 374 g/mol. The first-order chi connectivity index (χ1) is 10.5. The number of aliphatic hydroxyl groups is 4. The fraction of sp³-hybridized carbons (Fsp3) is 0.429. The van der Waals surface area contributed by atoms with E-state index in [1.54, 1.807) is 6.20 Å². The predicted molar refractivity (Wildman–Crippen MR) is 80.4 cm³/mol. The molecule has 2 aromatic rings. The number of nitrogens with one attached hydrogen (secondary N) is 1. The Hall–Kier alpha value is -1.16. The van der Waals surface area contributed by atoms with Gasteiger partial charge in [0, 0.05) is 16.1 Å². The van der Waals surface area contributed by atoms with E-state index in [1.807, 2.05) is 18.2 Å². The molecule has 0 bridgehead atoms. The van der Waals surface area contributed by atoms with E-state index in [1.165, 1.54) is 0 Å². The van der Waals surface area contributed by atoms with Crippen LogP contribution in [0.3, 0.4) is 0 Å². The third kappa shape index (κ3) is 2.73. The third-order valence-corrected chi connectivity index (χ3v) is 4.19. The minimum atomic E-state index is -1.46. The Labute approximate surface area is 134 Å². The van der Waals surface area contributed by atoms with Crippen LogP contribution < -0.4 is 4.74 Å². The van der Waals surface area contributed by atoms with Gasteiger partial charge < -0.3 is 34.9 Å². The van der Waals surface area contributed by atoms with Crippen molar-refractivity contribution in [3.63, 3.8) is 0 Å². The van der Waals surface area contributed by atoms with Crippen LogP contribution in [-0.4, -0.2) is 62.7 Å². The first-order valence-electron chi connectivity index (χ1n) is 6.75. The molecule has 1 saturated heterocycles. The molecule has 2 heterocycles. The number of aliphatic hydroxyl groups excluding tert-OH is 4. The minimum Gasteiger partial charge on any atom is -0.460 e. The Kier molecular flexibility index (Phi) is 4.40. The maximum atomic E-state index is 9.98. The molecule has 3 rings (SSSR count).